The van der Waals surface area contributed by atoms with Crippen molar-refractivity contribution in [3.63, 3.8) is 0 Å². The van der Waals surface area contributed by atoms with Gasteiger partial charge in [-0.25, -0.2) is 4.39 Å². The summed E-state index contributed by atoms with van der Waals surface area (Å²) in [5.74, 6) is 0.963. The Morgan fingerprint density at radius 2 is 1.76 bits per heavy atom. The van der Waals surface area contributed by atoms with Crippen LogP contribution >= 0.6 is 11.6 Å². The van der Waals surface area contributed by atoms with E-state index < -0.39 is 0 Å². The maximum absolute atomic E-state index is 12.9. The number of hydrogen-bond donors (Lipinski definition) is 1. The molecule has 0 aliphatic carbocycles. The van der Waals surface area contributed by atoms with Crippen LogP contribution in [0.15, 0.2) is 42.5 Å². The highest BCUT2D eigenvalue weighted by Crippen LogP contribution is 2.30. The zero-order chi connectivity index (χ0) is 15.5. The monoisotopic (exact) mass is 307 g/mol. The summed E-state index contributed by atoms with van der Waals surface area (Å²) in [7, 11) is 0. The number of ether oxygens (including phenoxy) is 1. The van der Waals surface area contributed by atoms with E-state index in [9.17, 15) is 4.39 Å². The standard InChI is InChI=1S/C17H19ClFNO/c1-17(2,3)20-11-14-15(18)5-4-6-16(14)21-13-9-7-12(19)8-10-13/h4-10,20H,11H2,1-3H3. The first-order valence-corrected chi connectivity index (χ1v) is 7.19. The van der Waals surface area contributed by atoms with E-state index in [0.29, 0.717) is 23.1 Å². The zero-order valence-electron chi connectivity index (χ0n) is 12.4. The second-order valence-electron chi connectivity index (χ2n) is 5.88. The smallest absolute Gasteiger partial charge is 0.133 e. The first kappa shape index (κ1) is 15.8. The normalized spacial score (nSPS) is 11.5. The van der Waals surface area contributed by atoms with Crippen molar-refractivity contribution in [3.8, 4) is 11.5 Å². The summed E-state index contributed by atoms with van der Waals surface area (Å²) < 4.78 is 18.8. The van der Waals surface area contributed by atoms with Gasteiger partial charge in [-0.3, -0.25) is 0 Å². The van der Waals surface area contributed by atoms with E-state index >= 15 is 0 Å². The molecule has 0 saturated heterocycles. The Bertz CT molecular complexity index is 605. The molecule has 0 fully saturated rings. The molecular formula is C17H19ClFNO. The van der Waals surface area contributed by atoms with Gasteiger partial charge in [0.2, 0.25) is 0 Å². The minimum atomic E-state index is -0.289. The second kappa shape index (κ2) is 6.46. The topological polar surface area (TPSA) is 21.3 Å². The first-order chi connectivity index (χ1) is 9.85. The Labute approximate surface area is 129 Å². The van der Waals surface area contributed by atoms with Crippen molar-refractivity contribution < 1.29 is 9.13 Å². The Hall–Kier alpha value is -1.58. The molecule has 0 unspecified atom stereocenters. The van der Waals surface area contributed by atoms with Crippen molar-refractivity contribution in [3.05, 3.63) is 58.9 Å². The predicted octanol–water partition coefficient (Wildman–Crippen LogP) is 5.16. The van der Waals surface area contributed by atoms with Crippen molar-refractivity contribution >= 4 is 11.6 Å². The van der Waals surface area contributed by atoms with E-state index in [1.807, 2.05) is 18.2 Å². The molecule has 2 aromatic carbocycles. The largest absolute Gasteiger partial charge is 0.457 e. The van der Waals surface area contributed by atoms with Crippen molar-refractivity contribution in [2.24, 2.45) is 0 Å². The van der Waals surface area contributed by atoms with E-state index in [1.54, 1.807) is 12.1 Å². The van der Waals surface area contributed by atoms with Crippen molar-refractivity contribution in [1.29, 1.82) is 0 Å². The summed E-state index contributed by atoms with van der Waals surface area (Å²) in [6.45, 7) is 6.86. The first-order valence-electron chi connectivity index (χ1n) is 6.81. The lowest BCUT2D eigenvalue weighted by atomic mass is 10.1. The van der Waals surface area contributed by atoms with Gasteiger partial charge in [-0.2, -0.15) is 0 Å². The molecule has 0 bridgehead atoms. The average molecular weight is 308 g/mol. The number of nitrogens with one attached hydrogen (secondary N) is 1. The molecule has 0 aliphatic heterocycles. The van der Waals surface area contributed by atoms with Gasteiger partial charge in [0.1, 0.15) is 17.3 Å². The lowest BCUT2D eigenvalue weighted by Gasteiger charge is -2.22. The maximum Gasteiger partial charge on any atom is 0.133 e. The van der Waals surface area contributed by atoms with Crippen molar-refractivity contribution in [2.75, 3.05) is 0 Å². The van der Waals surface area contributed by atoms with Crippen LogP contribution in [-0.2, 0) is 6.54 Å². The molecule has 2 aromatic rings. The molecule has 0 atom stereocenters. The average Bonchev–Trinajstić information content (AvgIpc) is 2.39. The van der Waals surface area contributed by atoms with Gasteiger partial charge in [-0.05, 0) is 57.2 Å². The Kier molecular flexibility index (Phi) is 4.86. The Balaban J connectivity index is 2.22. The molecule has 2 rings (SSSR count). The van der Waals surface area contributed by atoms with Crippen LogP contribution in [-0.4, -0.2) is 5.54 Å². The van der Waals surface area contributed by atoms with Crippen LogP contribution in [0.5, 0.6) is 11.5 Å². The van der Waals surface area contributed by atoms with Gasteiger partial charge in [0.15, 0.2) is 0 Å². The predicted molar refractivity (Wildman–Crippen MR) is 84.5 cm³/mol. The molecule has 2 nitrogen and oxygen atoms in total. The molecule has 112 valence electrons. The van der Waals surface area contributed by atoms with Crippen molar-refractivity contribution in [1.82, 2.24) is 5.32 Å². The van der Waals surface area contributed by atoms with Gasteiger partial charge in [-0.15, -0.1) is 0 Å². The van der Waals surface area contributed by atoms with Gasteiger partial charge in [0, 0.05) is 22.7 Å². The molecule has 0 spiro atoms. The van der Waals surface area contributed by atoms with Crippen LogP contribution in [0.4, 0.5) is 4.39 Å². The van der Waals surface area contributed by atoms with Gasteiger partial charge >= 0.3 is 0 Å². The SMILES string of the molecule is CC(C)(C)NCc1c(Cl)cccc1Oc1ccc(F)cc1. The lowest BCUT2D eigenvalue weighted by molar-refractivity contribution is 0.414. The summed E-state index contributed by atoms with van der Waals surface area (Å²) in [5.41, 5.74) is 0.866. The molecule has 0 saturated carbocycles. The van der Waals surface area contributed by atoms with Crippen LogP contribution in [0.3, 0.4) is 0 Å². The van der Waals surface area contributed by atoms with Crippen molar-refractivity contribution in [2.45, 2.75) is 32.9 Å². The van der Waals surface area contributed by atoms with E-state index in [2.05, 4.69) is 26.1 Å². The molecule has 1 N–H and O–H groups in total. The zero-order valence-corrected chi connectivity index (χ0v) is 13.2. The van der Waals surface area contributed by atoms with Crippen LogP contribution in [0.1, 0.15) is 26.3 Å². The van der Waals surface area contributed by atoms with Crippen LogP contribution < -0.4 is 10.1 Å². The lowest BCUT2D eigenvalue weighted by Crippen LogP contribution is -2.35. The molecule has 0 heterocycles. The quantitative estimate of drug-likeness (QED) is 0.842. The van der Waals surface area contributed by atoms with E-state index in [1.165, 1.54) is 12.1 Å². The van der Waals surface area contributed by atoms with Gasteiger partial charge < -0.3 is 10.1 Å². The summed E-state index contributed by atoms with van der Waals surface area (Å²) in [6, 6.07) is 11.4. The fourth-order valence-corrected chi connectivity index (χ4v) is 2.02. The second-order valence-corrected chi connectivity index (χ2v) is 6.28. The maximum atomic E-state index is 12.9. The summed E-state index contributed by atoms with van der Waals surface area (Å²) in [6.07, 6.45) is 0. The minimum Gasteiger partial charge on any atom is -0.457 e. The van der Waals surface area contributed by atoms with Crippen LogP contribution in [0.25, 0.3) is 0 Å². The Morgan fingerprint density at radius 1 is 1.10 bits per heavy atom. The molecule has 0 radical (unpaired) electrons. The molecule has 0 aromatic heterocycles. The molecule has 0 aliphatic rings. The highest BCUT2D eigenvalue weighted by Gasteiger charge is 2.14. The number of rotatable bonds is 4. The van der Waals surface area contributed by atoms with Gasteiger partial charge in [0.25, 0.3) is 0 Å². The highest BCUT2D eigenvalue weighted by atomic mass is 35.5. The molecular weight excluding hydrogens is 289 g/mol. The molecule has 21 heavy (non-hydrogen) atoms. The molecule has 0 amide bonds. The number of hydrogen-bond acceptors (Lipinski definition) is 2. The fraction of sp³-hybridized carbons (Fsp3) is 0.294. The van der Waals surface area contributed by atoms with E-state index in [0.717, 1.165) is 5.56 Å². The van der Waals surface area contributed by atoms with Crippen LogP contribution in [0, 0.1) is 5.82 Å². The summed E-state index contributed by atoms with van der Waals surface area (Å²) >= 11 is 6.27. The summed E-state index contributed by atoms with van der Waals surface area (Å²) in [4.78, 5) is 0. The van der Waals surface area contributed by atoms with E-state index in [-0.39, 0.29) is 11.4 Å². The Morgan fingerprint density at radius 3 is 2.38 bits per heavy atom. The third kappa shape index (κ3) is 4.73. The summed E-state index contributed by atoms with van der Waals surface area (Å²) in [5, 5.41) is 4.03. The molecule has 4 heteroatoms. The minimum absolute atomic E-state index is 0.0215. The van der Waals surface area contributed by atoms with Gasteiger partial charge in [-0.1, -0.05) is 17.7 Å². The third-order valence-electron chi connectivity index (χ3n) is 2.91. The van der Waals surface area contributed by atoms with Crippen LogP contribution in [0.2, 0.25) is 5.02 Å². The number of benzene rings is 2. The third-order valence-corrected chi connectivity index (χ3v) is 3.27. The number of halogens is 2. The van der Waals surface area contributed by atoms with E-state index in [4.69, 9.17) is 16.3 Å². The van der Waals surface area contributed by atoms with Gasteiger partial charge in [0.05, 0.1) is 0 Å². The fourth-order valence-electron chi connectivity index (χ4n) is 1.79. The highest BCUT2D eigenvalue weighted by molar-refractivity contribution is 6.31.